The second-order valence-corrected chi connectivity index (χ2v) is 5.08. The number of amides is 2. The van der Waals surface area contributed by atoms with Crippen molar-refractivity contribution in [1.82, 2.24) is 4.57 Å². The minimum atomic E-state index is -0.305. The molecule has 1 aliphatic heterocycles. The molecule has 0 saturated heterocycles. The summed E-state index contributed by atoms with van der Waals surface area (Å²) in [6.07, 6.45) is 4.44. The number of carbonyl (C=O) groups excluding carboxylic acids is 2. The second kappa shape index (κ2) is 4.70. The number of anilines is 1. The Hall–Kier alpha value is -3.14. The van der Waals surface area contributed by atoms with E-state index in [1.165, 1.54) is 17.1 Å². The van der Waals surface area contributed by atoms with Gasteiger partial charge in [-0.15, -0.1) is 0 Å². The van der Waals surface area contributed by atoms with Gasteiger partial charge in [0.15, 0.2) is 0 Å². The fourth-order valence-corrected chi connectivity index (χ4v) is 2.78. The Labute approximate surface area is 126 Å². The van der Waals surface area contributed by atoms with Crippen LogP contribution in [0.3, 0.4) is 0 Å². The van der Waals surface area contributed by atoms with Crippen molar-refractivity contribution < 1.29 is 9.59 Å². The van der Waals surface area contributed by atoms with E-state index in [9.17, 15) is 9.59 Å². The van der Waals surface area contributed by atoms with Crippen molar-refractivity contribution in [3.8, 4) is 5.69 Å². The molecule has 0 fully saturated rings. The molecule has 1 aromatic heterocycles. The van der Waals surface area contributed by atoms with Crippen LogP contribution in [0.15, 0.2) is 72.9 Å². The molecule has 2 amide bonds. The maximum Gasteiger partial charge on any atom is 0.258 e. The van der Waals surface area contributed by atoms with E-state index < -0.39 is 0 Å². The predicted octanol–water partition coefficient (Wildman–Crippen LogP) is 3.06. The molecular weight excluding hydrogens is 276 g/mol. The van der Waals surface area contributed by atoms with Crippen LogP contribution < -0.4 is 4.90 Å². The van der Waals surface area contributed by atoms with Crippen LogP contribution in [-0.4, -0.2) is 16.4 Å². The van der Waals surface area contributed by atoms with Gasteiger partial charge in [0.2, 0.25) is 0 Å². The third-order valence-corrected chi connectivity index (χ3v) is 3.78. The molecule has 4 rings (SSSR count). The first-order valence-electron chi connectivity index (χ1n) is 6.97. The second-order valence-electron chi connectivity index (χ2n) is 5.08. The first-order valence-corrected chi connectivity index (χ1v) is 6.97. The first-order chi connectivity index (χ1) is 10.8. The van der Waals surface area contributed by atoms with Gasteiger partial charge in [0, 0.05) is 29.4 Å². The standard InChI is InChI=1S/C18H12N2O2/c21-17-10-11-18(22)20(17)16-12-19(13-6-2-1-3-7-13)15-9-5-4-8-14(15)16/h1-12H. The average Bonchev–Trinajstić information content (AvgIpc) is 3.09. The molecule has 0 atom stereocenters. The van der Waals surface area contributed by atoms with E-state index in [0.29, 0.717) is 5.69 Å². The number of aromatic nitrogens is 1. The molecule has 0 unspecified atom stereocenters. The van der Waals surface area contributed by atoms with Gasteiger partial charge in [0.05, 0.1) is 11.2 Å². The van der Waals surface area contributed by atoms with Gasteiger partial charge >= 0.3 is 0 Å². The highest BCUT2D eigenvalue weighted by Gasteiger charge is 2.28. The Morgan fingerprint density at radius 1 is 0.727 bits per heavy atom. The molecule has 0 saturated carbocycles. The van der Waals surface area contributed by atoms with Crippen LogP contribution in [-0.2, 0) is 9.59 Å². The van der Waals surface area contributed by atoms with Crippen molar-refractivity contribution in [3.63, 3.8) is 0 Å². The number of nitrogens with zero attached hydrogens (tertiary/aromatic N) is 2. The van der Waals surface area contributed by atoms with E-state index in [2.05, 4.69) is 0 Å². The molecule has 3 aromatic rings. The summed E-state index contributed by atoms with van der Waals surface area (Å²) in [6, 6.07) is 17.6. The number of carbonyl (C=O) groups is 2. The molecule has 22 heavy (non-hydrogen) atoms. The minimum Gasteiger partial charge on any atom is -0.314 e. The van der Waals surface area contributed by atoms with Crippen LogP contribution in [0.5, 0.6) is 0 Å². The van der Waals surface area contributed by atoms with Gasteiger partial charge in [-0.1, -0.05) is 36.4 Å². The summed E-state index contributed by atoms with van der Waals surface area (Å²) in [4.78, 5) is 25.2. The zero-order valence-corrected chi connectivity index (χ0v) is 11.6. The fourth-order valence-electron chi connectivity index (χ4n) is 2.78. The molecule has 0 aliphatic carbocycles. The molecule has 0 N–H and O–H groups in total. The Bertz CT molecular complexity index is 905. The molecule has 1 aliphatic rings. The van der Waals surface area contributed by atoms with Crippen molar-refractivity contribution in [3.05, 3.63) is 72.9 Å². The van der Waals surface area contributed by atoms with Gasteiger partial charge in [0.1, 0.15) is 0 Å². The monoisotopic (exact) mass is 288 g/mol. The highest BCUT2D eigenvalue weighted by Crippen LogP contribution is 2.32. The summed E-state index contributed by atoms with van der Waals surface area (Å²) in [5.41, 5.74) is 2.55. The predicted molar refractivity (Wildman–Crippen MR) is 84.9 cm³/mol. The van der Waals surface area contributed by atoms with E-state index in [1.54, 1.807) is 0 Å². The maximum atomic E-state index is 12.0. The maximum absolute atomic E-state index is 12.0. The van der Waals surface area contributed by atoms with Crippen LogP contribution in [0.4, 0.5) is 5.69 Å². The van der Waals surface area contributed by atoms with Gasteiger partial charge in [-0.3, -0.25) is 9.59 Å². The van der Waals surface area contributed by atoms with Crippen LogP contribution in [0.2, 0.25) is 0 Å². The molecule has 0 bridgehead atoms. The van der Waals surface area contributed by atoms with Gasteiger partial charge < -0.3 is 4.57 Å². The molecule has 0 radical (unpaired) electrons. The van der Waals surface area contributed by atoms with E-state index in [-0.39, 0.29) is 11.8 Å². The van der Waals surface area contributed by atoms with Crippen LogP contribution in [0, 0.1) is 0 Å². The summed E-state index contributed by atoms with van der Waals surface area (Å²) >= 11 is 0. The fraction of sp³-hybridized carbons (Fsp3) is 0. The molecule has 106 valence electrons. The molecule has 4 nitrogen and oxygen atoms in total. The van der Waals surface area contributed by atoms with Gasteiger partial charge in [-0.25, -0.2) is 4.90 Å². The van der Waals surface area contributed by atoms with E-state index >= 15 is 0 Å². The quantitative estimate of drug-likeness (QED) is 0.680. The van der Waals surface area contributed by atoms with Crippen molar-refractivity contribution in [2.75, 3.05) is 4.90 Å². The Balaban J connectivity index is 1.98. The molecular formula is C18H12N2O2. The van der Waals surface area contributed by atoms with Gasteiger partial charge in [-0.05, 0) is 18.2 Å². The highest BCUT2D eigenvalue weighted by molar-refractivity contribution is 6.30. The minimum absolute atomic E-state index is 0.305. The summed E-state index contributed by atoms with van der Waals surface area (Å²) in [5, 5.41) is 0.872. The summed E-state index contributed by atoms with van der Waals surface area (Å²) in [5.74, 6) is -0.609. The normalized spacial score (nSPS) is 14.3. The number of benzene rings is 2. The van der Waals surface area contributed by atoms with E-state index in [4.69, 9.17) is 0 Å². The summed E-state index contributed by atoms with van der Waals surface area (Å²) < 4.78 is 1.99. The SMILES string of the molecule is O=C1C=CC(=O)N1c1cn(-c2ccccc2)c2ccccc12. The van der Waals surface area contributed by atoms with Gasteiger partial charge in [-0.2, -0.15) is 0 Å². The number of fused-ring (bicyclic) bond motifs is 1. The van der Waals surface area contributed by atoms with E-state index in [0.717, 1.165) is 16.6 Å². The number of rotatable bonds is 2. The number of para-hydroxylation sites is 2. The van der Waals surface area contributed by atoms with Crippen LogP contribution in [0.25, 0.3) is 16.6 Å². The van der Waals surface area contributed by atoms with Crippen molar-refractivity contribution in [1.29, 1.82) is 0 Å². The molecule has 2 heterocycles. The van der Waals surface area contributed by atoms with Gasteiger partial charge in [0.25, 0.3) is 11.8 Å². The van der Waals surface area contributed by atoms with E-state index in [1.807, 2.05) is 65.4 Å². The number of hydrogen-bond acceptors (Lipinski definition) is 2. The lowest BCUT2D eigenvalue weighted by molar-refractivity contribution is -0.119. The lowest BCUT2D eigenvalue weighted by Crippen LogP contribution is -2.29. The molecule has 2 aromatic carbocycles. The molecule has 4 heteroatoms. The third kappa shape index (κ3) is 1.78. The number of hydrogen-bond donors (Lipinski definition) is 0. The molecule has 0 spiro atoms. The van der Waals surface area contributed by atoms with Crippen molar-refractivity contribution >= 4 is 28.4 Å². The third-order valence-electron chi connectivity index (χ3n) is 3.78. The van der Waals surface area contributed by atoms with Crippen molar-refractivity contribution in [2.24, 2.45) is 0 Å². The summed E-state index contributed by atoms with van der Waals surface area (Å²) in [7, 11) is 0. The van der Waals surface area contributed by atoms with Crippen LogP contribution in [0.1, 0.15) is 0 Å². The summed E-state index contributed by atoms with van der Waals surface area (Å²) in [6.45, 7) is 0. The Kier molecular flexibility index (Phi) is 2.69. The Morgan fingerprint density at radius 3 is 2.09 bits per heavy atom. The zero-order valence-electron chi connectivity index (χ0n) is 11.6. The zero-order chi connectivity index (χ0) is 15.1. The highest BCUT2D eigenvalue weighted by atomic mass is 16.2. The lowest BCUT2D eigenvalue weighted by atomic mass is 10.2. The Morgan fingerprint density at radius 2 is 1.36 bits per heavy atom. The first kappa shape index (κ1) is 12.6. The largest absolute Gasteiger partial charge is 0.314 e. The smallest absolute Gasteiger partial charge is 0.258 e. The topological polar surface area (TPSA) is 42.3 Å². The van der Waals surface area contributed by atoms with Crippen LogP contribution >= 0.6 is 0 Å². The average molecular weight is 288 g/mol. The van der Waals surface area contributed by atoms with Crippen molar-refractivity contribution in [2.45, 2.75) is 0 Å². The number of imide groups is 1. The lowest BCUT2D eigenvalue weighted by Gasteiger charge is -2.12.